The number of hydrogen-bond donors (Lipinski definition) is 0. The van der Waals surface area contributed by atoms with E-state index < -0.39 is 4.92 Å². The molecule has 0 bridgehead atoms. The first-order valence-electron chi connectivity index (χ1n) is 6.18. The van der Waals surface area contributed by atoms with E-state index in [2.05, 4.69) is 9.97 Å². The molecule has 0 atom stereocenters. The van der Waals surface area contributed by atoms with Gasteiger partial charge < -0.3 is 0 Å². The molecule has 0 N–H and O–H groups in total. The number of pyridine rings is 1. The molecule has 0 saturated heterocycles. The number of nitro groups is 1. The Morgan fingerprint density at radius 3 is 2.86 bits per heavy atom. The van der Waals surface area contributed by atoms with E-state index >= 15 is 0 Å². The van der Waals surface area contributed by atoms with E-state index in [1.54, 1.807) is 24.3 Å². The van der Waals surface area contributed by atoms with Gasteiger partial charge in [0.25, 0.3) is 11.2 Å². The van der Waals surface area contributed by atoms with Crippen LogP contribution in [0.5, 0.6) is 0 Å². The van der Waals surface area contributed by atoms with Crippen molar-refractivity contribution in [2.24, 2.45) is 0 Å². The second kappa shape index (κ2) is 5.12. The first kappa shape index (κ1) is 12.9. The van der Waals surface area contributed by atoms with Crippen molar-refractivity contribution in [3.63, 3.8) is 0 Å². The molecule has 21 heavy (non-hydrogen) atoms. The number of hydrogen-bond acceptors (Lipinski definition) is 5. The zero-order valence-corrected chi connectivity index (χ0v) is 10.8. The van der Waals surface area contributed by atoms with Crippen LogP contribution in [0.15, 0.2) is 53.8 Å². The minimum absolute atomic E-state index is 0.0146. The Bertz CT molecular complexity index is 889. The van der Waals surface area contributed by atoms with Gasteiger partial charge in [-0.15, -0.1) is 0 Å². The fraction of sp³-hybridized carbons (Fsp3) is 0.0714. The summed E-state index contributed by atoms with van der Waals surface area (Å²) in [5.41, 5.74) is 0.695. The molecule has 0 spiro atoms. The van der Waals surface area contributed by atoms with E-state index in [1.807, 2.05) is 0 Å². The minimum atomic E-state index is -0.460. The lowest BCUT2D eigenvalue weighted by Gasteiger charge is -2.07. The van der Waals surface area contributed by atoms with E-state index in [9.17, 15) is 14.9 Å². The van der Waals surface area contributed by atoms with Gasteiger partial charge in [0.05, 0.1) is 34.9 Å². The maximum Gasteiger partial charge on any atom is 0.274 e. The summed E-state index contributed by atoms with van der Waals surface area (Å²) in [6.45, 7) is 0.0985. The molecule has 7 nitrogen and oxygen atoms in total. The van der Waals surface area contributed by atoms with Crippen LogP contribution in [0.4, 0.5) is 5.69 Å². The standard InChI is InChI=1S/C14H10N4O3/c19-14-11-5-6-15-7-12(11)16-9-17(14)8-10-3-1-2-4-13(10)18(20)21/h1-7,9H,8H2. The Labute approximate surface area is 118 Å². The molecule has 7 heteroatoms. The molecule has 0 aliphatic rings. The third kappa shape index (κ3) is 2.36. The highest BCUT2D eigenvalue weighted by Crippen LogP contribution is 2.18. The molecule has 3 rings (SSSR count). The van der Waals surface area contributed by atoms with Crippen molar-refractivity contribution in [2.75, 3.05) is 0 Å². The molecule has 0 unspecified atom stereocenters. The normalized spacial score (nSPS) is 10.7. The van der Waals surface area contributed by atoms with Crippen molar-refractivity contribution in [1.82, 2.24) is 14.5 Å². The van der Waals surface area contributed by atoms with Crippen LogP contribution in [0.25, 0.3) is 10.9 Å². The van der Waals surface area contributed by atoms with Crippen molar-refractivity contribution in [2.45, 2.75) is 6.54 Å². The van der Waals surface area contributed by atoms with Crippen LogP contribution in [0.3, 0.4) is 0 Å². The summed E-state index contributed by atoms with van der Waals surface area (Å²) in [5.74, 6) is 0. The molecule has 0 amide bonds. The van der Waals surface area contributed by atoms with Gasteiger partial charge in [-0.2, -0.15) is 0 Å². The number of aromatic nitrogens is 3. The Balaban J connectivity index is 2.09. The van der Waals surface area contributed by atoms with Crippen molar-refractivity contribution in [3.05, 3.63) is 75.1 Å². The highest BCUT2D eigenvalue weighted by atomic mass is 16.6. The van der Waals surface area contributed by atoms with E-state index in [0.29, 0.717) is 16.5 Å². The average Bonchev–Trinajstić information content (AvgIpc) is 2.51. The quantitative estimate of drug-likeness (QED) is 0.539. The molecule has 0 saturated carbocycles. The Morgan fingerprint density at radius 1 is 1.24 bits per heavy atom. The van der Waals surface area contributed by atoms with Crippen LogP contribution >= 0.6 is 0 Å². The molecule has 0 aliphatic heterocycles. The van der Waals surface area contributed by atoms with Gasteiger partial charge in [0, 0.05) is 17.8 Å². The predicted molar refractivity (Wildman–Crippen MR) is 76.0 cm³/mol. The van der Waals surface area contributed by atoms with Gasteiger partial charge in [-0.25, -0.2) is 4.98 Å². The Kier molecular flexibility index (Phi) is 3.15. The Hall–Kier alpha value is -3.09. The van der Waals surface area contributed by atoms with E-state index in [1.165, 1.54) is 29.4 Å². The van der Waals surface area contributed by atoms with Gasteiger partial charge in [-0.3, -0.25) is 24.5 Å². The first-order chi connectivity index (χ1) is 10.2. The molecule has 0 aliphatic carbocycles. The molecule has 1 aromatic carbocycles. The average molecular weight is 282 g/mol. The smallest absolute Gasteiger partial charge is 0.274 e. The summed E-state index contributed by atoms with van der Waals surface area (Å²) < 4.78 is 1.35. The molecular weight excluding hydrogens is 272 g/mol. The number of para-hydroxylation sites is 1. The molecular formula is C14H10N4O3. The summed E-state index contributed by atoms with van der Waals surface area (Å²) >= 11 is 0. The van der Waals surface area contributed by atoms with Crippen molar-refractivity contribution in [3.8, 4) is 0 Å². The van der Waals surface area contributed by atoms with Gasteiger partial charge >= 0.3 is 0 Å². The third-order valence-corrected chi connectivity index (χ3v) is 3.16. The maximum absolute atomic E-state index is 12.3. The van der Waals surface area contributed by atoms with Crippen LogP contribution in [-0.2, 0) is 6.54 Å². The summed E-state index contributed by atoms with van der Waals surface area (Å²) in [7, 11) is 0. The van der Waals surface area contributed by atoms with E-state index in [4.69, 9.17) is 0 Å². The maximum atomic E-state index is 12.3. The van der Waals surface area contributed by atoms with Crippen molar-refractivity contribution < 1.29 is 4.92 Å². The third-order valence-electron chi connectivity index (χ3n) is 3.16. The zero-order valence-electron chi connectivity index (χ0n) is 10.8. The lowest BCUT2D eigenvalue weighted by atomic mass is 10.2. The van der Waals surface area contributed by atoms with Gasteiger partial charge in [0.1, 0.15) is 0 Å². The van der Waals surface area contributed by atoms with Crippen LogP contribution in [0.2, 0.25) is 0 Å². The molecule has 0 radical (unpaired) electrons. The van der Waals surface area contributed by atoms with Crippen molar-refractivity contribution in [1.29, 1.82) is 0 Å². The van der Waals surface area contributed by atoms with Gasteiger partial charge in [0.2, 0.25) is 0 Å². The van der Waals surface area contributed by atoms with Crippen LogP contribution in [0, 0.1) is 10.1 Å². The molecule has 2 heterocycles. The number of nitrogens with zero attached hydrogens (tertiary/aromatic N) is 4. The minimum Gasteiger partial charge on any atom is -0.294 e. The first-order valence-corrected chi connectivity index (χ1v) is 6.18. The van der Waals surface area contributed by atoms with Crippen LogP contribution in [0.1, 0.15) is 5.56 Å². The van der Waals surface area contributed by atoms with E-state index in [-0.39, 0.29) is 17.8 Å². The van der Waals surface area contributed by atoms with E-state index in [0.717, 1.165) is 0 Å². The highest BCUT2D eigenvalue weighted by molar-refractivity contribution is 5.75. The zero-order chi connectivity index (χ0) is 14.8. The second-order valence-electron chi connectivity index (χ2n) is 4.46. The second-order valence-corrected chi connectivity index (χ2v) is 4.46. The molecule has 0 fully saturated rings. The summed E-state index contributed by atoms with van der Waals surface area (Å²) in [5, 5.41) is 11.4. The summed E-state index contributed by atoms with van der Waals surface area (Å²) in [6.07, 6.45) is 4.40. The SMILES string of the molecule is O=c1c2ccncc2ncn1Cc1ccccc1[N+](=O)[O-]. The lowest BCUT2D eigenvalue weighted by Crippen LogP contribution is -2.21. The van der Waals surface area contributed by atoms with Crippen LogP contribution < -0.4 is 5.56 Å². The Morgan fingerprint density at radius 2 is 2.05 bits per heavy atom. The number of benzene rings is 1. The molecule has 2 aromatic heterocycles. The summed E-state index contributed by atoms with van der Waals surface area (Å²) in [6, 6.07) is 7.92. The number of rotatable bonds is 3. The topological polar surface area (TPSA) is 90.9 Å². The highest BCUT2D eigenvalue weighted by Gasteiger charge is 2.13. The molecule has 104 valence electrons. The predicted octanol–water partition coefficient (Wildman–Crippen LogP) is 1.75. The fourth-order valence-electron chi connectivity index (χ4n) is 2.13. The van der Waals surface area contributed by atoms with Gasteiger partial charge in [0.15, 0.2) is 0 Å². The lowest BCUT2D eigenvalue weighted by molar-refractivity contribution is -0.385. The summed E-state index contributed by atoms with van der Waals surface area (Å²) in [4.78, 5) is 30.9. The van der Waals surface area contributed by atoms with Crippen molar-refractivity contribution >= 4 is 16.6 Å². The number of nitro benzene ring substituents is 1. The number of fused-ring (bicyclic) bond motifs is 1. The largest absolute Gasteiger partial charge is 0.294 e. The van der Waals surface area contributed by atoms with Gasteiger partial charge in [-0.1, -0.05) is 18.2 Å². The fourth-order valence-corrected chi connectivity index (χ4v) is 2.13. The molecule has 3 aromatic rings. The monoisotopic (exact) mass is 282 g/mol. The van der Waals surface area contributed by atoms with Crippen LogP contribution in [-0.4, -0.2) is 19.5 Å². The van der Waals surface area contributed by atoms with Gasteiger partial charge in [-0.05, 0) is 6.07 Å².